The van der Waals surface area contributed by atoms with Gasteiger partial charge in [-0.1, -0.05) is 15.9 Å². The molecule has 0 saturated heterocycles. The summed E-state index contributed by atoms with van der Waals surface area (Å²) in [5.74, 6) is 1.07. The van der Waals surface area contributed by atoms with E-state index in [2.05, 4.69) is 51.5 Å². The van der Waals surface area contributed by atoms with Gasteiger partial charge >= 0.3 is 0 Å². The van der Waals surface area contributed by atoms with Gasteiger partial charge in [0.05, 0.1) is 11.0 Å². The van der Waals surface area contributed by atoms with Gasteiger partial charge in [0.2, 0.25) is 0 Å². The third-order valence-electron chi connectivity index (χ3n) is 2.61. The second-order valence-corrected chi connectivity index (χ2v) is 5.08. The first kappa shape index (κ1) is 11.6. The number of hydrogen-bond acceptors (Lipinski definition) is 2. The molecule has 0 amide bonds. The molecule has 0 saturated carbocycles. The van der Waals surface area contributed by atoms with E-state index in [1.807, 2.05) is 6.07 Å². The number of imidazole rings is 1. The lowest BCUT2D eigenvalue weighted by atomic mass is 10.3. The number of benzene rings is 1. The van der Waals surface area contributed by atoms with Gasteiger partial charge < -0.3 is 10.3 Å². The largest absolute Gasteiger partial charge is 0.330 e. The van der Waals surface area contributed by atoms with Crippen LogP contribution < -0.4 is 5.73 Å². The SMILES string of the molecule is CC(C)n1c(CCN)nc2cc(Br)ccc21. The van der Waals surface area contributed by atoms with Gasteiger partial charge in [0.1, 0.15) is 5.82 Å². The van der Waals surface area contributed by atoms with Gasteiger partial charge in [0, 0.05) is 16.9 Å². The molecule has 2 aromatic rings. The van der Waals surface area contributed by atoms with Crippen LogP contribution in [0.25, 0.3) is 11.0 Å². The van der Waals surface area contributed by atoms with E-state index in [1.54, 1.807) is 0 Å². The Kier molecular flexibility index (Phi) is 3.30. The normalized spacial score (nSPS) is 11.6. The second-order valence-electron chi connectivity index (χ2n) is 4.16. The lowest BCUT2D eigenvalue weighted by Gasteiger charge is -2.12. The number of aromatic nitrogens is 2. The lowest BCUT2D eigenvalue weighted by molar-refractivity contribution is 0.584. The Morgan fingerprint density at radius 1 is 1.44 bits per heavy atom. The maximum atomic E-state index is 5.62. The van der Waals surface area contributed by atoms with Crippen LogP contribution in [-0.2, 0) is 6.42 Å². The maximum absolute atomic E-state index is 5.62. The van der Waals surface area contributed by atoms with Gasteiger partial charge in [-0.25, -0.2) is 4.98 Å². The highest BCUT2D eigenvalue weighted by Gasteiger charge is 2.12. The fourth-order valence-electron chi connectivity index (χ4n) is 2.00. The summed E-state index contributed by atoms with van der Waals surface area (Å²) in [6, 6.07) is 6.61. The summed E-state index contributed by atoms with van der Waals surface area (Å²) >= 11 is 3.47. The first-order chi connectivity index (χ1) is 7.63. The molecule has 16 heavy (non-hydrogen) atoms. The highest BCUT2D eigenvalue weighted by Crippen LogP contribution is 2.24. The molecule has 0 aliphatic heterocycles. The van der Waals surface area contributed by atoms with Gasteiger partial charge in [0.25, 0.3) is 0 Å². The molecular formula is C12H16BrN3. The number of hydrogen-bond donors (Lipinski definition) is 1. The molecule has 0 bridgehead atoms. The molecule has 0 atom stereocenters. The fourth-order valence-corrected chi connectivity index (χ4v) is 2.35. The molecule has 1 aromatic heterocycles. The zero-order valence-electron chi connectivity index (χ0n) is 9.57. The van der Waals surface area contributed by atoms with Crippen molar-refractivity contribution in [2.24, 2.45) is 5.73 Å². The molecule has 0 unspecified atom stereocenters. The summed E-state index contributed by atoms with van der Waals surface area (Å²) in [6.07, 6.45) is 0.824. The van der Waals surface area contributed by atoms with Gasteiger partial charge in [0.15, 0.2) is 0 Å². The van der Waals surface area contributed by atoms with E-state index in [4.69, 9.17) is 5.73 Å². The van der Waals surface area contributed by atoms with Crippen molar-refractivity contribution in [2.45, 2.75) is 26.3 Å². The second kappa shape index (κ2) is 4.55. The molecule has 0 spiro atoms. The molecular weight excluding hydrogens is 266 g/mol. The summed E-state index contributed by atoms with van der Waals surface area (Å²) < 4.78 is 3.32. The first-order valence-corrected chi connectivity index (χ1v) is 6.29. The van der Waals surface area contributed by atoms with Crippen LogP contribution in [0, 0.1) is 0 Å². The molecule has 4 heteroatoms. The van der Waals surface area contributed by atoms with Crippen molar-refractivity contribution in [1.82, 2.24) is 9.55 Å². The highest BCUT2D eigenvalue weighted by molar-refractivity contribution is 9.10. The standard InChI is InChI=1S/C12H16BrN3/c1-8(2)16-11-4-3-9(13)7-10(11)15-12(16)5-6-14/h3-4,7-8H,5-6,14H2,1-2H3. The van der Waals surface area contributed by atoms with E-state index in [-0.39, 0.29) is 0 Å². The molecule has 2 rings (SSSR count). The first-order valence-electron chi connectivity index (χ1n) is 5.50. The summed E-state index contributed by atoms with van der Waals surface area (Å²) in [7, 11) is 0. The van der Waals surface area contributed by atoms with E-state index in [1.165, 1.54) is 5.52 Å². The molecule has 0 radical (unpaired) electrons. The Morgan fingerprint density at radius 2 is 2.19 bits per heavy atom. The van der Waals surface area contributed by atoms with Crippen molar-refractivity contribution in [3.8, 4) is 0 Å². The highest BCUT2D eigenvalue weighted by atomic mass is 79.9. The monoisotopic (exact) mass is 281 g/mol. The van der Waals surface area contributed by atoms with Crippen molar-refractivity contribution in [3.63, 3.8) is 0 Å². The molecule has 86 valence electrons. The van der Waals surface area contributed by atoms with Crippen molar-refractivity contribution in [1.29, 1.82) is 0 Å². The molecule has 0 fully saturated rings. The number of halogens is 1. The zero-order chi connectivity index (χ0) is 11.7. The van der Waals surface area contributed by atoms with Crippen LogP contribution >= 0.6 is 15.9 Å². The number of nitrogens with zero attached hydrogens (tertiary/aromatic N) is 2. The van der Waals surface area contributed by atoms with E-state index in [9.17, 15) is 0 Å². The van der Waals surface area contributed by atoms with E-state index >= 15 is 0 Å². The summed E-state index contributed by atoms with van der Waals surface area (Å²) in [5, 5.41) is 0. The van der Waals surface area contributed by atoms with Crippen LogP contribution in [0.4, 0.5) is 0 Å². The number of nitrogens with two attached hydrogens (primary N) is 1. The van der Waals surface area contributed by atoms with Gasteiger partial charge in [-0.3, -0.25) is 0 Å². The minimum absolute atomic E-state index is 0.410. The van der Waals surface area contributed by atoms with Crippen LogP contribution in [0.5, 0.6) is 0 Å². The Morgan fingerprint density at radius 3 is 2.81 bits per heavy atom. The van der Waals surface area contributed by atoms with Crippen LogP contribution in [0.15, 0.2) is 22.7 Å². The average Bonchev–Trinajstić information content (AvgIpc) is 2.55. The average molecular weight is 282 g/mol. The Labute approximate surface area is 104 Å². The minimum Gasteiger partial charge on any atom is -0.330 e. The number of fused-ring (bicyclic) bond motifs is 1. The molecule has 1 aromatic carbocycles. The van der Waals surface area contributed by atoms with Crippen LogP contribution in [-0.4, -0.2) is 16.1 Å². The molecule has 1 heterocycles. The van der Waals surface area contributed by atoms with Gasteiger partial charge in [-0.15, -0.1) is 0 Å². The van der Waals surface area contributed by atoms with Crippen molar-refractivity contribution in [2.75, 3.05) is 6.54 Å². The third-order valence-corrected chi connectivity index (χ3v) is 3.10. The topological polar surface area (TPSA) is 43.8 Å². The van der Waals surface area contributed by atoms with E-state index in [0.29, 0.717) is 12.6 Å². The Hall–Kier alpha value is -0.870. The third kappa shape index (κ3) is 1.99. The molecule has 0 aliphatic carbocycles. The lowest BCUT2D eigenvalue weighted by Crippen LogP contribution is -2.11. The smallest absolute Gasteiger partial charge is 0.111 e. The molecule has 0 aliphatic rings. The van der Waals surface area contributed by atoms with E-state index < -0.39 is 0 Å². The van der Waals surface area contributed by atoms with Gasteiger partial charge in [-0.05, 0) is 38.6 Å². The predicted octanol–water partition coefficient (Wildman–Crippen LogP) is 2.88. The summed E-state index contributed by atoms with van der Waals surface area (Å²) in [5.41, 5.74) is 7.83. The van der Waals surface area contributed by atoms with Crippen molar-refractivity contribution < 1.29 is 0 Å². The van der Waals surface area contributed by atoms with Crippen LogP contribution in [0.3, 0.4) is 0 Å². The van der Waals surface area contributed by atoms with Crippen molar-refractivity contribution >= 4 is 27.0 Å². The van der Waals surface area contributed by atoms with Gasteiger partial charge in [-0.2, -0.15) is 0 Å². The zero-order valence-corrected chi connectivity index (χ0v) is 11.2. The minimum atomic E-state index is 0.410. The maximum Gasteiger partial charge on any atom is 0.111 e. The Bertz CT molecular complexity index is 502. The van der Waals surface area contributed by atoms with Crippen molar-refractivity contribution in [3.05, 3.63) is 28.5 Å². The fraction of sp³-hybridized carbons (Fsp3) is 0.417. The predicted molar refractivity (Wildman–Crippen MR) is 70.6 cm³/mol. The van der Waals surface area contributed by atoms with Crippen LogP contribution in [0.2, 0.25) is 0 Å². The van der Waals surface area contributed by atoms with E-state index in [0.717, 1.165) is 22.2 Å². The number of rotatable bonds is 3. The molecule has 2 N–H and O–H groups in total. The summed E-state index contributed by atoms with van der Waals surface area (Å²) in [6.45, 7) is 4.98. The molecule has 3 nitrogen and oxygen atoms in total. The quantitative estimate of drug-likeness (QED) is 0.940. The van der Waals surface area contributed by atoms with Crippen LogP contribution in [0.1, 0.15) is 25.7 Å². The summed E-state index contributed by atoms with van der Waals surface area (Å²) in [4.78, 5) is 4.64. The Balaban J connectivity index is 2.65.